The summed E-state index contributed by atoms with van der Waals surface area (Å²) in [6.45, 7) is 1.33. The summed E-state index contributed by atoms with van der Waals surface area (Å²) in [5.41, 5.74) is 3.09. The number of alkyl carbamates (subject to hydrolysis) is 1. The number of aryl methyl sites for hydroxylation is 2. The van der Waals surface area contributed by atoms with Crippen molar-refractivity contribution in [3.05, 3.63) is 34.9 Å². The van der Waals surface area contributed by atoms with E-state index >= 15 is 0 Å². The third-order valence-electron chi connectivity index (χ3n) is 4.31. The first-order valence-electron chi connectivity index (χ1n) is 8.64. The predicted octanol–water partition coefficient (Wildman–Crippen LogP) is 2.34. The van der Waals surface area contributed by atoms with Crippen molar-refractivity contribution >= 4 is 23.8 Å². The second-order valence-corrected chi connectivity index (χ2v) is 6.23. The number of imide groups is 1. The van der Waals surface area contributed by atoms with Gasteiger partial charge in [-0.05, 0) is 49.8 Å². The summed E-state index contributed by atoms with van der Waals surface area (Å²) in [4.78, 5) is 46.6. The normalized spacial score (nSPS) is 13.9. The molecule has 0 spiro atoms. The van der Waals surface area contributed by atoms with Crippen molar-refractivity contribution in [3.8, 4) is 0 Å². The molecule has 1 aliphatic rings. The van der Waals surface area contributed by atoms with E-state index in [2.05, 4.69) is 4.74 Å². The van der Waals surface area contributed by atoms with Crippen molar-refractivity contribution in [1.29, 1.82) is 0 Å². The molecular formula is C19H23NO6. The van der Waals surface area contributed by atoms with Gasteiger partial charge in [0.2, 0.25) is 0 Å². The molecule has 0 aromatic heterocycles. The maximum Gasteiger partial charge on any atom is 0.413 e. The monoisotopic (exact) mass is 361 g/mol. The van der Waals surface area contributed by atoms with Crippen molar-refractivity contribution in [2.75, 3.05) is 7.11 Å². The Morgan fingerprint density at radius 2 is 1.77 bits per heavy atom. The minimum Gasteiger partial charge on any atom is -0.453 e. The van der Waals surface area contributed by atoms with Crippen LogP contribution in [0.25, 0.3) is 0 Å². The van der Waals surface area contributed by atoms with Crippen LogP contribution >= 0.6 is 0 Å². The number of esters is 1. The average Bonchev–Trinajstić information content (AvgIpc) is 2.65. The van der Waals surface area contributed by atoms with Crippen molar-refractivity contribution in [2.24, 2.45) is 0 Å². The minimum atomic E-state index is -1.15. The lowest BCUT2D eigenvalue weighted by Crippen LogP contribution is -2.39. The van der Waals surface area contributed by atoms with Gasteiger partial charge in [0.1, 0.15) is 0 Å². The van der Waals surface area contributed by atoms with Gasteiger partial charge < -0.3 is 9.47 Å². The largest absolute Gasteiger partial charge is 0.453 e. The van der Waals surface area contributed by atoms with Crippen molar-refractivity contribution in [1.82, 2.24) is 5.32 Å². The Morgan fingerprint density at radius 3 is 2.46 bits per heavy atom. The lowest BCUT2D eigenvalue weighted by Gasteiger charge is -2.16. The fraction of sp³-hybridized carbons (Fsp3) is 0.474. The molecule has 140 valence electrons. The standard InChI is InChI=1S/C19H23NO6/c1-12(18(23)20-19(24)25-2)26-17(22)10-9-16(21)15-8-7-13-5-3-4-6-14(13)11-15/h7-8,11-12H,3-6,9-10H2,1-2H3,(H,20,23,24)/t12-/m1/s1. The molecule has 1 aliphatic carbocycles. The number of methoxy groups -OCH3 is 1. The van der Waals surface area contributed by atoms with Crippen LogP contribution in [0.15, 0.2) is 18.2 Å². The van der Waals surface area contributed by atoms with Gasteiger partial charge in [0.05, 0.1) is 13.5 Å². The first-order chi connectivity index (χ1) is 12.4. The van der Waals surface area contributed by atoms with Gasteiger partial charge in [-0.1, -0.05) is 12.1 Å². The molecule has 1 N–H and O–H groups in total. The molecule has 26 heavy (non-hydrogen) atoms. The van der Waals surface area contributed by atoms with E-state index in [4.69, 9.17) is 4.74 Å². The van der Waals surface area contributed by atoms with Gasteiger partial charge in [0, 0.05) is 12.0 Å². The molecule has 0 bridgehead atoms. The Hall–Kier alpha value is -2.70. The van der Waals surface area contributed by atoms with Gasteiger partial charge >= 0.3 is 12.1 Å². The molecule has 0 saturated carbocycles. The number of rotatable bonds is 6. The highest BCUT2D eigenvalue weighted by molar-refractivity contribution is 5.98. The van der Waals surface area contributed by atoms with Gasteiger partial charge in [-0.25, -0.2) is 4.79 Å². The zero-order valence-corrected chi connectivity index (χ0v) is 15.0. The molecule has 2 rings (SSSR count). The van der Waals surface area contributed by atoms with E-state index in [1.165, 1.54) is 24.5 Å². The molecule has 0 radical (unpaired) electrons. The van der Waals surface area contributed by atoms with E-state index in [1.807, 2.05) is 17.4 Å². The maximum absolute atomic E-state index is 12.3. The fourth-order valence-electron chi connectivity index (χ4n) is 2.83. The van der Waals surface area contributed by atoms with Crippen molar-refractivity contribution < 1.29 is 28.7 Å². The van der Waals surface area contributed by atoms with E-state index in [9.17, 15) is 19.2 Å². The zero-order valence-electron chi connectivity index (χ0n) is 15.0. The number of fused-ring (bicyclic) bond motifs is 1. The number of carbonyl (C=O) groups is 4. The second-order valence-electron chi connectivity index (χ2n) is 6.23. The van der Waals surface area contributed by atoms with E-state index in [-0.39, 0.29) is 18.6 Å². The highest BCUT2D eigenvalue weighted by Gasteiger charge is 2.21. The number of ether oxygens (including phenoxy) is 2. The number of nitrogens with one attached hydrogen (secondary N) is 1. The van der Waals surface area contributed by atoms with Crippen LogP contribution in [0.2, 0.25) is 0 Å². The summed E-state index contributed by atoms with van der Waals surface area (Å²) >= 11 is 0. The second kappa shape index (κ2) is 9.12. The lowest BCUT2D eigenvalue weighted by molar-refractivity contribution is -0.154. The zero-order chi connectivity index (χ0) is 19.1. The Labute approximate surface area is 152 Å². The number of hydrogen-bond donors (Lipinski definition) is 1. The van der Waals surface area contributed by atoms with E-state index in [0.717, 1.165) is 26.4 Å². The van der Waals surface area contributed by atoms with Crippen LogP contribution in [0.1, 0.15) is 54.1 Å². The molecule has 0 unspecified atom stereocenters. The van der Waals surface area contributed by atoms with Crippen molar-refractivity contribution in [3.63, 3.8) is 0 Å². The number of Topliss-reactive ketones (excluding diaryl/α,β-unsaturated/α-hetero) is 1. The molecule has 7 heteroatoms. The number of benzene rings is 1. The highest BCUT2D eigenvalue weighted by Crippen LogP contribution is 2.23. The molecule has 0 heterocycles. The molecule has 0 saturated heterocycles. The first-order valence-corrected chi connectivity index (χ1v) is 8.64. The van der Waals surface area contributed by atoms with Crippen LogP contribution < -0.4 is 5.32 Å². The number of hydrogen-bond acceptors (Lipinski definition) is 6. The summed E-state index contributed by atoms with van der Waals surface area (Å²) in [5, 5.41) is 1.91. The van der Waals surface area contributed by atoms with Crippen LogP contribution in [-0.2, 0) is 31.9 Å². The van der Waals surface area contributed by atoms with Crippen LogP contribution in [0, 0.1) is 0 Å². The Morgan fingerprint density at radius 1 is 1.08 bits per heavy atom. The van der Waals surface area contributed by atoms with Crippen LogP contribution in [0.5, 0.6) is 0 Å². The molecule has 0 aliphatic heterocycles. The Balaban J connectivity index is 1.82. The SMILES string of the molecule is COC(=O)NC(=O)[C@@H](C)OC(=O)CCC(=O)c1ccc2c(c1)CCCC2. The van der Waals surface area contributed by atoms with Crippen LogP contribution in [-0.4, -0.2) is 37.0 Å². The predicted molar refractivity (Wildman–Crippen MR) is 92.8 cm³/mol. The summed E-state index contributed by atoms with van der Waals surface area (Å²) in [6, 6.07) is 5.69. The Bertz CT molecular complexity index is 712. The van der Waals surface area contributed by atoms with Gasteiger partial charge in [-0.2, -0.15) is 0 Å². The van der Waals surface area contributed by atoms with Gasteiger partial charge in [-0.3, -0.25) is 19.7 Å². The lowest BCUT2D eigenvalue weighted by atomic mass is 9.89. The summed E-state index contributed by atoms with van der Waals surface area (Å²) < 4.78 is 9.21. The molecule has 2 amide bonds. The van der Waals surface area contributed by atoms with Gasteiger partial charge in [-0.15, -0.1) is 0 Å². The quantitative estimate of drug-likeness (QED) is 0.617. The third-order valence-corrected chi connectivity index (χ3v) is 4.31. The molecular weight excluding hydrogens is 338 g/mol. The third kappa shape index (κ3) is 5.40. The molecule has 1 aromatic rings. The summed E-state index contributed by atoms with van der Waals surface area (Å²) in [7, 11) is 1.12. The van der Waals surface area contributed by atoms with E-state index in [0.29, 0.717) is 5.56 Å². The smallest absolute Gasteiger partial charge is 0.413 e. The average molecular weight is 361 g/mol. The highest BCUT2D eigenvalue weighted by atomic mass is 16.6. The number of carbonyl (C=O) groups excluding carboxylic acids is 4. The summed E-state index contributed by atoms with van der Waals surface area (Å²) in [6.07, 6.45) is 2.11. The van der Waals surface area contributed by atoms with Gasteiger partial charge in [0.15, 0.2) is 11.9 Å². The van der Waals surface area contributed by atoms with E-state index in [1.54, 1.807) is 6.07 Å². The van der Waals surface area contributed by atoms with Crippen molar-refractivity contribution in [2.45, 2.75) is 51.6 Å². The topological polar surface area (TPSA) is 98.8 Å². The van der Waals surface area contributed by atoms with Gasteiger partial charge in [0.25, 0.3) is 5.91 Å². The fourth-order valence-corrected chi connectivity index (χ4v) is 2.83. The maximum atomic E-state index is 12.3. The number of amides is 2. The first kappa shape index (κ1) is 19.6. The molecule has 7 nitrogen and oxygen atoms in total. The minimum absolute atomic E-state index is 0.00294. The van der Waals surface area contributed by atoms with Crippen LogP contribution in [0.3, 0.4) is 0 Å². The van der Waals surface area contributed by atoms with Crippen LogP contribution in [0.4, 0.5) is 4.79 Å². The molecule has 1 atom stereocenters. The molecule has 0 fully saturated rings. The van der Waals surface area contributed by atoms with E-state index < -0.39 is 24.1 Å². The molecule has 1 aromatic carbocycles. The Kier molecular flexibility index (Phi) is 6.89. The number of ketones is 1. The summed E-state index contributed by atoms with van der Waals surface area (Å²) in [5.74, 6) is -1.60.